The topological polar surface area (TPSA) is 40.8 Å². The molecule has 0 radical (unpaired) electrons. The zero-order chi connectivity index (χ0) is 14.6. The second-order valence-electron chi connectivity index (χ2n) is 6.03. The van der Waals surface area contributed by atoms with Crippen LogP contribution in [0.15, 0.2) is 30.5 Å². The van der Waals surface area contributed by atoms with Crippen molar-refractivity contribution in [1.82, 2.24) is 9.88 Å². The molecule has 0 aliphatic heterocycles. The summed E-state index contributed by atoms with van der Waals surface area (Å²) < 4.78 is 2.28. The standard InChI is InChI=1S/C17H23N3/c1-17(2,13-18)8-4-9-20-10-7-15-11-14(12-19-3)5-6-16(15)20/h5-7,10-11,19H,4,8-9,12H2,1-3H3. The zero-order valence-electron chi connectivity index (χ0n) is 12.6. The van der Waals surface area contributed by atoms with Gasteiger partial charge in [-0.2, -0.15) is 5.26 Å². The molecule has 3 nitrogen and oxygen atoms in total. The van der Waals surface area contributed by atoms with Crippen molar-refractivity contribution in [2.75, 3.05) is 7.05 Å². The van der Waals surface area contributed by atoms with Crippen LogP contribution in [0.4, 0.5) is 0 Å². The quantitative estimate of drug-likeness (QED) is 0.869. The van der Waals surface area contributed by atoms with E-state index in [-0.39, 0.29) is 5.41 Å². The Kier molecular flexibility index (Phi) is 4.46. The molecule has 0 unspecified atom stereocenters. The number of benzene rings is 1. The van der Waals surface area contributed by atoms with Gasteiger partial charge in [0.2, 0.25) is 0 Å². The van der Waals surface area contributed by atoms with Crippen molar-refractivity contribution in [2.45, 2.75) is 39.8 Å². The summed E-state index contributed by atoms with van der Waals surface area (Å²) >= 11 is 0. The van der Waals surface area contributed by atoms with Crippen molar-refractivity contribution in [3.05, 3.63) is 36.0 Å². The molecular formula is C17H23N3. The number of hydrogen-bond donors (Lipinski definition) is 1. The van der Waals surface area contributed by atoms with Crippen LogP contribution in [0.3, 0.4) is 0 Å². The van der Waals surface area contributed by atoms with Gasteiger partial charge in [0.05, 0.1) is 11.5 Å². The summed E-state index contributed by atoms with van der Waals surface area (Å²) in [6, 6.07) is 11.1. The van der Waals surface area contributed by atoms with Gasteiger partial charge in [0, 0.05) is 24.8 Å². The van der Waals surface area contributed by atoms with Crippen LogP contribution in [0.25, 0.3) is 10.9 Å². The molecule has 0 saturated heterocycles. The molecule has 0 spiro atoms. The fraction of sp³-hybridized carbons (Fsp3) is 0.471. The SMILES string of the molecule is CNCc1ccc2c(ccn2CCCC(C)(C)C#N)c1. The number of aromatic nitrogens is 1. The monoisotopic (exact) mass is 269 g/mol. The molecule has 1 heterocycles. The van der Waals surface area contributed by atoms with Crippen LogP contribution in [-0.4, -0.2) is 11.6 Å². The highest BCUT2D eigenvalue weighted by molar-refractivity contribution is 5.80. The van der Waals surface area contributed by atoms with E-state index in [1.54, 1.807) is 0 Å². The van der Waals surface area contributed by atoms with Crippen LogP contribution < -0.4 is 5.32 Å². The Morgan fingerprint density at radius 1 is 1.30 bits per heavy atom. The average molecular weight is 269 g/mol. The van der Waals surface area contributed by atoms with Crippen LogP contribution in [0.2, 0.25) is 0 Å². The first kappa shape index (κ1) is 14.6. The lowest BCUT2D eigenvalue weighted by molar-refractivity contribution is 0.418. The number of aryl methyl sites for hydroxylation is 1. The van der Waals surface area contributed by atoms with Crippen molar-refractivity contribution in [1.29, 1.82) is 5.26 Å². The van der Waals surface area contributed by atoms with Gasteiger partial charge in [-0.15, -0.1) is 0 Å². The molecule has 20 heavy (non-hydrogen) atoms. The smallest absolute Gasteiger partial charge is 0.0683 e. The molecule has 1 aromatic carbocycles. The minimum Gasteiger partial charge on any atom is -0.347 e. The predicted octanol–water partition coefficient (Wildman–Crippen LogP) is 3.69. The van der Waals surface area contributed by atoms with Crippen LogP contribution in [-0.2, 0) is 13.1 Å². The molecule has 1 aromatic heterocycles. The van der Waals surface area contributed by atoms with E-state index >= 15 is 0 Å². The third-order valence-corrected chi connectivity index (χ3v) is 3.72. The van der Waals surface area contributed by atoms with Crippen molar-refractivity contribution in [2.24, 2.45) is 5.41 Å². The van der Waals surface area contributed by atoms with Crippen molar-refractivity contribution in [3.8, 4) is 6.07 Å². The predicted molar refractivity (Wildman–Crippen MR) is 83.3 cm³/mol. The largest absolute Gasteiger partial charge is 0.347 e. The first-order valence-corrected chi connectivity index (χ1v) is 7.19. The highest BCUT2D eigenvalue weighted by Gasteiger charge is 2.15. The van der Waals surface area contributed by atoms with E-state index < -0.39 is 0 Å². The van der Waals surface area contributed by atoms with Gasteiger partial charge in [-0.3, -0.25) is 0 Å². The molecule has 2 rings (SSSR count). The van der Waals surface area contributed by atoms with Gasteiger partial charge in [0.15, 0.2) is 0 Å². The highest BCUT2D eigenvalue weighted by atomic mass is 14.9. The van der Waals surface area contributed by atoms with E-state index in [0.29, 0.717) is 0 Å². The fourth-order valence-electron chi connectivity index (χ4n) is 2.51. The van der Waals surface area contributed by atoms with Crippen molar-refractivity contribution >= 4 is 10.9 Å². The molecule has 0 aliphatic rings. The molecule has 1 N–H and O–H groups in total. The van der Waals surface area contributed by atoms with Gasteiger partial charge >= 0.3 is 0 Å². The summed E-state index contributed by atoms with van der Waals surface area (Å²) in [5.74, 6) is 0. The average Bonchev–Trinajstić information content (AvgIpc) is 2.82. The Hall–Kier alpha value is -1.79. The van der Waals surface area contributed by atoms with Gasteiger partial charge in [-0.05, 0) is 62.9 Å². The van der Waals surface area contributed by atoms with Crippen LogP contribution in [0, 0.1) is 16.7 Å². The van der Waals surface area contributed by atoms with E-state index in [1.807, 2.05) is 20.9 Å². The molecule has 0 amide bonds. The zero-order valence-corrected chi connectivity index (χ0v) is 12.6. The molecule has 0 fully saturated rings. The maximum atomic E-state index is 9.04. The molecule has 0 saturated carbocycles. The summed E-state index contributed by atoms with van der Waals surface area (Å²) in [6.45, 7) is 5.88. The molecule has 0 aliphatic carbocycles. The van der Waals surface area contributed by atoms with Gasteiger partial charge in [0.25, 0.3) is 0 Å². The number of nitrogens with one attached hydrogen (secondary N) is 1. The molecule has 0 atom stereocenters. The molecule has 106 valence electrons. The summed E-state index contributed by atoms with van der Waals surface area (Å²) in [6.07, 6.45) is 4.11. The fourth-order valence-corrected chi connectivity index (χ4v) is 2.51. The maximum absolute atomic E-state index is 9.04. The Labute approximate surface area is 121 Å². The first-order valence-electron chi connectivity index (χ1n) is 7.19. The third-order valence-electron chi connectivity index (χ3n) is 3.72. The maximum Gasteiger partial charge on any atom is 0.0683 e. The van der Waals surface area contributed by atoms with E-state index in [9.17, 15) is 0 Å². The molecular weight excluding hydrogens is 246 g/mol. The summed E-state index contributed by atoms with van der Waals surface area (Å²) in [5, 5.41) is 13.5. The lowest BCUT2D eigenvalue weighted by atomic mass is 9.90. The van der Waals surface area contributed by atoms with E-state index in [1.165, 1.54) is 16.5 Å². The number of fused-ring (bicyclic) bond motifs is 1. The number of nitriles is 1. The van der Waals surface area contributed by atoms with E-state index in [2.05, 4.69) is 46.4 Å². The van der Waals surface area contributed by atoms with Crippen LogP contribution >= 0.6 is 0 Å². The number of rotatable bonds is 6. The Balaban J connectivity index is 2.06. The summed E-state index contributed by atoms with van der Waals surface area (Å²) in [4.78, 5) is 0. The van der Waals surface area contributed by atoms with E-state index in [0.717, 1.165) is 25.9 Å². The summed E-state index contributed by atoms with van der Waals surface area (Å²) in [7, 11) is 1.96. The Morgan fingerprint density at radius 3 is 2.80 bits per heavy atom. The molecule has 0 bridgehead atoms. The molecule has 3 heteroatoms. The first-order chi connectivity index (χ1) is 9.55. The van der Waals surface area contributed by atoms with Crippen LogP contribution in [0.1, 0.15) is 32.3 Å². The number of hydrogen-bond acceptors (Lipinski definition) is 2. The third kappa shape index (κ3) is 3.40. The second kappa shape index (κ2) is 6.11. The minimum atomic E-state index is -0.219. The Morgan fingerprint density at radius 2 is 2.10 bits per heavy atom. The normalized spacial score (nSPS) is 11.7. The highest BCUT2D eigenvalue weighted by Crippen LogP contribution is 2.23. The lowest BCUT2D eigenvalue weighted by Crippen LogP contribution is -2.09. The van der Waals surface area contributed by atoms with Crippen LogP contribution in [0.5, 0.6) is 0 Å². The lowest BCUT2D eigenvalue weighted by Gasteiger charge is -2.15. The molecule has 2 aromatic rings. The number of nitrogens with zero attached hydrogens (tertiary/aromatic N) is 2. The van der Waals surface area contributed by atoms with Crippen molar-refractivity contribution in [3.63, 3.8) is 0 Å². The minimum absolute atomic E-state index is 0.219. The van der Waals surface area contributed by atoms with Gasteiger partial charge in [-0.1, -0.05) is 6.07 Å². The van der Waals surface area contributed by atoms with Gasteiger partial charge in [-0.25, -0.2) is 0 Å². The Bertz CT molecular complexity index is 617. The summed E-state index contributed by atoms with van der Waals surface area (Å²) in [5.41, 5.74) is 2.37. The van der Waals surface area contributed by atoms with Crippen molar-refractivity contribution < 1.29 is 0 Å². The second-order valence-corrected chi connectivity index (χ2v) is 6.03. The van der Waals surface area contributed by atoms with E-state index in [4.69, 9.17) is 5.26 Å². The van der Waals surface area contributed by atoms with Gasteiger partial charge in [0.1, 0.15) is 0 Å². The van der Waals surface area contributed by atoms with Gasteiger partial charge < -0.3 is 9.88 Å².